The number of halogens is 2. The average Bonchev–Trinajstić information content (AvgIpc) is 2.31. The molecule has 0 bridgehead atoms. The van der Waals surface area contributed by atoms with Crippen LogP contribution in [0.15, 0.2) is 18.2 Å². The third kappa shape index (κ3) is 4.27. The van der Waals surface area contributed by atoms with Crippen LogP contribution in [0.4, 0.5) is 8.78 Å². The molecule has 2 atom stereocenters. The third-order valence-electron chi connectivity index (χ3n) is 3.88. The number of hydrogen-bond acceptors (Lipinski definition) is 1. The van der Waals surface area contributed by atoms with Crippen molar-refractivity contribution in [3.63, 3.8) is 0 Å². The number of nitrogens with one attached hydrogen (secondary N) is 1. The summed E-state index contributed by atoms with van der Waals surface area (Å²) in [5.41, 5.74) is 0.579. The van der Waals surface area contributed by atoms with Crippen molar-refractivity contribution in [2.45, 2.75) is 47.1 Å². The van der Waals surface area contributed by atoms with Crippen LogP contribution in [0.25, 0.3) is 0 Å². The zero-order valence-electron chi connectivity index (χ0n) is 12.6. The second-order valence-corrected chi connectivity index (χ2v) is 6.26. The van der Waals surface area contributed by atoms with Crippen molar-refractivity contribution >= 4 is 0 Å². The summed E-state index contributed by atoms with van der Waals surface area (Å²) in [6.07, 6.45) is 0.789. The first-order valence-electron chi connectivity index (χ1n) is 6.94. The lowest BCUT2D eigenvalue weighted by Crippen LogP contribution is -2.28. The fraction of sp³-hybridized carbons (Fsp3) is 0.625. The molecule has 1 aromatic carbocycles. The normalized spacial score (nSPS) is 15.3. The molecule has 1 N–H and O–H groups in total. The van der Waals surface area contributed by atoms with Gasteiger partial charge < -0.3 is 5.32 Å². The maximum atomic E-state index is 13.9. The van der Waals surface area contributed by atoms with Gasteiger partial charge in [-0.25, -0.2) is 8.78 Å². The minimum Gasteiger partial charge on any atom is -0.310 e. The molecule has 0 aliphatic rings. The molecule has 108 valence electrons. The topological polar surface area (TPSA) is 12.0 Å². The molecule has 2 unspecified atom stereocenters. The van der Waals surface area contributed by atoms with Crippen LogP contribution in [0.2, 0.25) is 0 Å². The van der Waals surface area contributed by atoms with E-state index in [1.807, 2.05) is 6.92 Å². The largest absolute Gasteiger partial charge is 0.310 e. The molecule has 0 fully saturated rings. The van der Waals surface area contributed by atoms with E-state index in [1.54, 1.807) is 12.1 Å². The Hall–Kier alpha value is -0.960. The standard InChI is InChI=1S/C16H25F2N/c1-6-19-14(10-11(2)16(3,4)5)12-8-7-9-13(17)15(12)18/h7-9,11,14,19H,6,10H2,1-5H3. The summed E-state index contributed by atoms with van der Waals surface area (Å²) in [6.45, 7) is 11.4. The first-order chi connectivity index (χ1) is 8.77. The van der Waals surface area contributed by atoms with E-state index < -0.39 is 11.6 Å². The Labute approximate surface area is 115 Å². The average molecular weight is 269 g/mol. The third-order valence-corrected chi connectivity index (χ3v) is 3.88. The van der Waals surface area contributed by atoms with Crippen molar-refractivity contribution in [2.24, 2.45) is 11.3 Å². The highest BCUT2D eigenvalue weighted by atomic mass is 19.2. The lowest BCUT2D eigenvalue weighted by atomic mass is 9.77. The van der Waals surface area contributed by atoms with Crippen LogP contribution in [0, 0.1) is 23.0 Å². The fourth-order valence-corrected chi connectivity index (χ4v) is 2.06. The Morgan fingerprint density at radius 1 is 1.21 bits per heavy atom. The maximum Gasteiger partial charge on any atom is 0.163 e. The van der Waals surface area contributed by atoms with Gasteiger partial charge in [-0.05, 0) is 30.4 Å². The predicted molar refractivity (Wildman–Crippen MR) is 76.0 cm³/mol. The van der Waals surface area contributed by atoms with Gasteiger partial charge in [0.25, 0.3) is 0 Å². The van der Waals surface area contributed by atoms with E-state index in [2.05, 4.69) is 33.0 Å². The molecule has 0 radical (unpaired) electrons. The van der Waals surface area contributed by atoms with Gasteiger partial charge in [0.1, 0.15) is 0 Å². The molecule has 0 aliphatic carbocycles. The highest BCUT2D eigenvalue weighted by Crippen LogP contribution is 2.34. The van der Waals surface area contributed by atoms with Gasteiger partial charge in [0.05, 0.1) is 0 Å². The first kappa shape index (κ1) is 16.1. The van der Waals surface area contributed by atoms with Gasteiger partial charge in [0.2, 0.25) is 0 Å². The van der Waals surface area contributed by atoms with Gasteiger partial charge >= 0.3 is 0 Å². The molecule has 0 amide bonds. The van der Waals surface area contributed by atoms with Crippen LogP contribution in [0.3, 0.4) is 0 Å². The van der Waals surface area contributed by atoms with Gasteiger partial charge in [-0.15, -0.1) is 0 Å². The second-order valence-electron chi connectivity index (χ2n) is 6.26. The van der Waals surface area contributed by atoms with Crippen LogP contribution in [0.5, 0.6) is 0 Å². The fourth-order valence-electron chi connectivity index (χ4n) is 2.06. The summed E-state index contributed by atoms with van der Waals surface area (Å²) in [5.74, 6) is -1.10. The molecule has 0 saturated heterocycles. The van der Waals surface area contributed by atoms with Crippen LogP contribution in [-0.4, -0.2) is 6.54 Å². The zero-order valence-corrected chi connectivity index (χ0v) is 12.6. The quantitative estimate of drug-likeness (QED) is 0.818. The van der Waals surface area contributed by atoms with E-state index in [0.717, 1.165) is 19.0 Å². The van der Waals surface area contributed by atoms with Crippen molar-refractivity contribution in [1.82, 2.24) is 5.32 Å². The lowest BCUT2D eigenvalue weighted by Gasteiger charge is -2.31. The van der Waals surface area contributed by atoms with E-state index in [4.69, 9.17) is 0 Å². The molecule has 0 aromatic heterocycles. The Bertz CT molecular complexity index is 410. The van der Waals surface area contributed by atoms with E-state index >= 15 is 0 Å². The Balaban J connectivity index is 2.97. The monoisotopic (exact) mass is 269 g/mol. The number of benzene rings is 1. The maximum absolute atomic E-state index is 13.9. The van der Waals surface area contributed by atoms with Gasteiger partial charge in [0.15, 0.2) is 11.6 Å². The molecule has 19 heavy (non-hydrogen) atoms. The zero-order chi connectivity index (χ0) is 14.6. The van der Waals surface area contributed by atoms with Crippen LogP contribution in [0.1, 0.15) is 52.6 Å². The second kappa shape index (κ2) is 6.47. The number of hydrogen-bond donors (Lipinski definition) is 1. The van der Waals surface area contributed by atoms with E-state index in [9.17, 15) is 8.78 Å². The van der Waals surface area contributed by atoms with Crippen LogP contribution in [-0.2, 0) is 0 Å². The first-order valence-corrected chi connectivity index (χ1v) is 6.94. The molecule has 1 nitrogen and oxygen atoms in total. The van der Waals surface area contributed by atoms with Crippen LogP contribution >= 0.6 is 0 Å². The van der Waals surface area contributed by atoms with Gasteiger partial charge in [0, 0.05) is 11.6 Å². The summed E-state index contributed by atoms with van der Waals surface area (Å²) in [7, 11) is 0. The molecule has 1 rings (SSSR count). The molecular formula is C16H25F2N. The number of rotatable bonds is 5. The Morgan fingerprint density at radius 2 is 1.84 bits per heavy atom. The summed E-state index contributed by atoms with van der Waals surface area (Å²) in [4.78, 5) is 0. The minimum absolute atomic E-state index is 0.144. The SMILES string of the molecule is CCNC(CC(C)C(C)(C)C)c1cccc(F)c1F. The molecule has 0 aliphatic heterocycles. The summed E-state index contributed by atoms with van der Waals surface area (Å²) in [6, 6.07) is 4.26. The molecule has 0 spiro atoms. The van der Waals surface area contributed by atoms with Crippen molar-refractivity contribution in [3.8, 4) is 0 Å². The summed E-state index contributed by atoms with van der Waals surface area (Å²) in [5, 5.41) is 3.26. The molecule has 0 heterocycles. The molecule has 1 aromatic rings. The van der Waals surface area contributed by atoms with Gasteiger partial charge in [-0.1, -0.05) is 46.8 Å². The van der Waals surface area contributed by atoms with Crippen molar-refractivity contribution < 1.29 is 8.78 Å². The van der Waals surface area contributed by atoms with E-state index in [0.29, 0.717) is 11.5 Å². The van der Waals surface area contributed by atoms with Crippen molar-refractivity contribution in [3.05, 3.63) is 35.4 Å². The minimum atomic E-state index is -0.774. The van der Waals surface area contributed by atoms with Gasteiger partial charge in [-0.3, -0.25) is 0 Å². The summed E-state index contributed by atoms with van der Waals surface area (Å²) < 4.78 is 27.3. The van der Waals surface area contributed by atoms with Gasteiger partial charge in [-0.2, -0.15) is 0 Å². The Kier molecular flexibility index (Phi) is 5.48. The molecule has 0 saturated carbocycles. The highest BCUT2D eigenvalue weighted by Gasteiger charge is 2.26. The Morgan fingerprint density at radius 3 is 2.37 bits per heavy atom. The predicted octanol–water partition coefficient (Wildman–Crippen LogP) is 4.69. The van der Waals surface area contributed by atoms with E-state index in [1.165, 1.54) is 0 Å². The summed E-state index contributed by atoms with van der Waals surface area (Å²) >= 11 is 0. The lowest BCUT2D eigenvalue weighted by molar-refractivity contribution is 0.222. The molecule has 3 heteroatoms. The van der Waals surface area contributed by atoms with E-state index in [-0.39, 0.29) is 11.5 Å². The highest BCUT2D eigenvalue weighted by molar-refractivity contribution is 5.22. The smallest absolute Gasteiger partial charge is 0.163 e. The van der Waals surface area contributed by atoms with Crippen LogP contribution < -0.4 is 5.32 Å². The van der Waals surface area contributed by atoms with Crippen molar-refractivity contribution in [2.75, 3.05) is 6.54 Å². The van der Waals surface area contributed by atoms with Crippen molar-refractivity contribution in [1.29, 1.82) is 0 Å². The molecular weight excluding hydrogens is 244 g/mol.